The molecule has 0 radical (unpaired) electrons. The van der Waals surface area contributed by atoms with Crippen LogP contribution in [-0.4, -0.2) is 36.3 Å². The predicted molar refractivity (Wildman–Crippen MR) is 64.3 cm³/mol. The number of benzene rings is 1. The second kappa shape index (κ2) is 4.64. The Morgan fingerprint density at radius 1 is 1.56 bits per heavy atom. The maximum Gasteiger partial charge on any atom is 0.254 e. The molecular formula is C12H14FN3O2. The lowest BCUT2D eigenvalue weighted by Gasteiger charge is -2.12. The van der Waals surface area contributed by atoms with Crippen molar-refractivity contribution in [1.82, 2.24) is 10.2 Å². The van der Waals surface area contributed by atoms with Crippen molar-refractivity contribution >= 4 is 17.5 Å². The van der Waals surface area contributed by atoms with E-state index in [0.717, 1.165) is 6.07 Å². The molecule has 1 heterocycles. The second-order valence-electron chi connectivity index (χ2n) is 4.31. The smallest absolute Gasteiger partial charge is 0.254 e. The number of hydrogen-bond donors (Lipinski definition) is 2. The van der Waals surface area contributed by atoms with Gasteiger partial charge >= 0.3 is 0 Å². The molecule has 1 atom stereocenters. The molecule has 1 unspecified atom stereocenters. The molecule has 0 spiro atoms. The number of halogens is 1. The number of carbonyl (C=O) groups excluding carboxylic acids is 2. The van der Waals surface area contributed by atoms with Crippen LogP contribution in [0.3, 0.4) is 0 Å². The Balaban J connectivity index is 2.13. The van der Waals surface area contributed by atoms with Gasteiger partial charge in [0.2, 0.25) is 5.91 Å². The monoisotopic (exact) mass is 251 g/mol. The molecule has 1 aliphatic heterocycles. The van der Waals surface area contributed by atoms with Gasteiger partial charge in [-0.3, -0.25) is 9.59 Å². The lowest BCUT2D eigenvalue weighted by atomic mass is 10.1. The molecule has 6 heteroatoms. The molecule has 1 aliphatic rings. The fraction of sp³-hybridized carbons (Fsp3) is 0.333. The van der Waals surface area contributed by atoms with Crippen molar-refractivity contribution in [2.75, 3.05) is 19.3 Å². The van der Waals surface area contributed by atoms with Gasteiger partial charge in [-0.1, -0.05) is 0 Å². The van der Waals surface area contributed by atoms with Gasteiger partial charge in [-0.2, -0.15) is 0 Å². The van der Waals surface area contributed by atoms with Gasteiger partial charge in [-0.15, -0.1) is 0 Å². The Kier molecular flexibility index (Phi) is 3.18. The zero-order chi connectivity index (χ0) is 13.3. The maximum atomic E-state index is 13.5. The van der Waals surface area contributed by atoms with Gasteiger partial charge in [0, 0.05) is 19.3 Å². The minimum atomic E-state index is -0.652. The van der Waals surface area contributed by atoms with Crippen LogP contribution in [0.4, 0.5) is 10.1 Å². The van der Waals surface area contributed by atoms with Crippen LogP contribution in [0.1, 0.15) is 16.8 Å². The fourth-order valence-corrected chi connectivity index (χ4v) is 1.91. The first kappa shape index (κ1) is 12.3. The summed E-state index contributed by atoms with van der Waals surface area (Å²) in [5.74, 6) is -1.43. The molecule has 0 saturated carbocycles. The van der Waals surface area contributed by atoms with E-state index < -0.39 is 17.8 Å². The number of anilines is 1. The average Bonchev–Trinajstić information content (AvgIpc) is 2.64. The third kappa shape index (κ3) is 2.27. The van der Waals surface area contributed by atoms with Crippen LogP contribution >= 0.6 is 0 Å². The van der Waals surface area contributed by atoms with Gasteiger partial charge in [-0.05, 0) is 24.6 Å². The highest BCUT2D eigenvalue weighted by atomic mass is 19.1. The molecule has 1 saturated heterocycles. The Morgan fingerprint density at radius 3 is 2.89 bits per heavy atom. The van der Waals surface area contributed by atoms with Gasteiger partial charge in [0.1, 0.15) is 11.9 Å². The minimum Gasteiger partial charge on any atom is -0.399 e. The van der Waals surface area contributed by atoms with Crippen LogP contribution in [0, 0.1) is 5.82 Å². The SMILES string of the molecule is CN1CCC(NC(=O)c2cc(N)ccc2F)C1=O. The summed E-state index contributed by atoms with van der Waals surface area (Å²) < 4.78 is 13.5. The van der Waals surface area contributed by atoms with E-state index in [0.29, 0.717) is 18.7 Å². The lowest BCUT2D eigenvalue weighted by molar-refractivity contribution is -0.128. The number of nitrogens with two attached hydrogens (primary N) is 1. The topological polar surface area (TPSA) is 75.4 Å². The first-order valence-electron chi connectivity index (χ1n) is 5.60. The number of nitrogen functional groups attached to an aromatic ring is 1. The molecular weight excluding hydrogens is 237 g/mol. The lowest BCUT2D eigenvalue weighted by Crippen LogP contribution is -2.40. The normalized spacial score (nSPS) is 19.1. The molecule has 2 amide bonds. The Hall–Kier alpha value is -2.11. The van der Waals surface area contributed by atoms with Crippen LogP contribution in [0.5, 0.6) is 0 Å². The zero-order valence-corrected chi connectivity index (χ0v) is 9.94. The molecule has 0 aliphatic carbocycles. The summed E-state index contributed by atoms with van der Waals surface area (Å²) in [7, 11) is 1.66. The summed E-state index contributed by atoms with van der Waals surface area (Å²) in [6.07, 6.45) is 0.533. The quantitative estimate of drug-likeness (QED) is 0.746. The van der Waals surface area contributed by atoms with Crippen LogP contribution in [0.25, 0.3) is 0 Å². The summed E-state index contributed by atoms with van der Waals surface area (Å²) in [6, 6.07) is 3.18. The third-order valence-electron chi connectivity index (χ3n) is 2.97. The van der Waals surface area contributed by atoms with Crippen molar-refractivity contribution in [3.8, 4) is 0 Å². The van der Waals surface area contributed by atoms with E-state index in [-0.39, 0.29) is 11.5 Å². The molecule has 2 rings (SSSR count). The number of likely N-dealkylation sites (tertiary alicyclic amines) is 1. The third-order valence-corrected chi connectivity index (χ3v) is 2.97. The highest BCUT2D eigenvalue weighted by Crippen LogP contribution is 2.14. The summed E-state index contributed by atoms with van der Waals surface area (Å²) in [6.45, 7) is 0.586. The maximum absolute atomic E-state index is 13.5. The van der Waals surface area contributed by atoms with Gasteiger partial charge < -0.3 is 16.0 Å². The van der Waals surface area contributed by atoms with E-state index in [2.05, 4.69) is 5.32 Å². The molecule has 1 fully saturated rings. The fourth-order valence-electron chi connectivity index (χ4n) is 1.91. The standard InChI is InChI=1S/C12H14FN3O2/c1-16-5-4-10(12(16)18)15-11(17)8-6-7(14)2-3-9(8)13/h2-3,6,10H,4-5,14H2,1H3,(H,15,17). The van der Waals surface area contributed by atoms with E-state index >= 15 is 0 Å². The molecule has 0 aromatic heterocycles. The zero-order valence-electron chi connectivity index (χ0n) is 9.94. The molecule has 3 N–H and O–H groups in total. The highest BCUT2D eigenvalue weighted by molar-refractivity contribution is 5.98. The van der Waals surface area contributed by atoms with Crippen LogP contribution in [-0.2, 0) is 4.79 Å². The molecule has 5 nitrogen and oxygen atoms in total. The summed E-state index contributed by atoms with van der Waals surface area (Å²) in [4.78, 5) is 25.0. The van der Waals surface area contributed by atoms with E-state index in [1.54, 1.807) is 7.05 Å². The number of nitrogens with zero attached hydrogens (tertiary/aromatic N) is 1. The first-order chi connectivity index (χ1) is 8.49. The molecule has 0 bridgehead atoms. The van der Waals surface area contributed by atoms with E-state index in [1.165, 1.54) is 17.0 Å². The number of likely N-dealkylation sites (N-methyl/N-ethyl adjacent to an activating group) is 1. The summed E-state index contributed by atoms with van der Waals surface area (Å²) in [5.41, 5.74) is 5.66. The van der Waals surface area contributed by atoms with Crippen molar-refractivity contribution in [2.45, 2.75) is 12.5 Å². The van der Waals surface area contributed by atoms with Gasteiger partial charge in [0.25, 0.3) is 5.91 Å². The average molecular weight is 251 g/mol. The Morgan fingerprint density at radius 2 is 2.28 bits per heavy atom. The molecule has 1 aromatic carbocycles. The van der Waals surface area contributed by atoms with Crippen LogP contribution in [0.2, 0.25) is 0 Å². The van der Waals surface area contributed by atoms with Crippen LogP contribution in [0.15, 0.2) is 18.2 Å². The number of carbonyl (C=O) groups is 2. The summed E-state index contributed by atoms with van der Waals surface area (Å²) >= 11 is 0. The van der Waals surface area contributed by atoms with E-state index in [4.69, 9.17) is 5.73 Å². The van der Waals surface area contributed by atoms with Crippen molar-refractivity contribution < 1.29 is 14.0 Å². The number of nitrogens with one attached hydrogen (secondary N) is 1. The summed E-state index contributed by atoms with van der Waals surface area (Å²) in [5, 5.41) is 2.52. The molecule has 1 aromatic rings. The second-order valence-corrected chi connectivity index (χ2v) is 4.31. The van der Waals surface area contributed by atoms with Gasteiger partial charge in [0.15, 0.2) is 0 Å². The Labute approximate surface area is 104 Å². The number of amides is 2. The number of rotatable bonds is 2. The Bertz CT molecular complexity index is 504. The largest absolute Gasteiger partial charge is 0.399 e. The first-order valence-corrected chi connectivity index (χ1v) is 5.60. The van der Waals surface area contributed by atoms with Crippen LogP contribution < -0.4 is 11.1 Å². The van der Waals surface area contributed by atoms with Crippen molar-refractivity contribution in [2.24, 2.45) is 0 Å². The van der Waals surface area contributed by atoms with Gasteiger partial charge in [-0.25, -0.2) is 4.39 Å². The molecule has 96 valence electrons. The minimum absolute atomic E-state index is 0.141. The van der Waals surface area contributed by atoms with Crippen molar-refractivity contribution in [3.63, 3.8) is 0 Å². The van der Waals surface area contributed by atoms with Crippen molar-refractivity contribution in [3.05, 3.63) is 29.6 Å². The predicted octanol–water partition coefficient (Wildman–Crippen LogP) is 0.368. The molecule has 18 heavy (non-hydrogen) atoms. The number of hydrogen-bond acceptors (Lipinski definition) is 3. The van der Waals surface area contributed by atoms with E-state index in [1.807, 2.05) is 0 Å². The van der Waals surface area contributed by atoms with Crippen molar-refractivity contribution in [1.29, 1.82) is 0 Å². The van der Waals surface area contributed by atoms with E-state index in [9.17, 15) is 14.0 Å². The van der Waals surface area contributed by atoms with Gasteiger partial charge in [0.05, 0.1) is 5.56 Å². The highest BCUT2D eigenvalue weighted by Gasteiger charge is 2.30.